The second-order valence-corrected chi connectivity index (χ2v) is 10.3. The summed E-state index contributed by atoms with van der Waals surface area (Å²) in [6, 6.07) is 12.9. The quantitative estimate of drug-likeness (QED) is 0.564. The van der Waals surface area contributed by atoms with E-state index >= 15 is 0 Å². The maximum absolute atomic E-state index is 13.1. The third-order valence-corrected chi connectivity index (χ3v) is 8.11. The van der Waals surface area contributed by atoms with Gasteiger partial charge in [0, 0.05) is 42.1 Å². The molecule has 3 aromatic rings. The first kappa shape index (κ1) is 21.1. The van der Waals surface area contributed by atoms with E-state index in [1.165, 1.54) is 23.0 Å². The van der Waals surface area contributed by atoms with Gasteiger partial charge in [-0.15, -0.1) is 11.3 Å². The smallest absolute Gasteiger partial charge is 0.246 e. The van der Waals surface area contributed by atoms with Crippen LogP contribution in [0, 0.1) is 6.92 Å². The number of hydrogen-bond acceptors (Lipinski definition) is 6. The Morgan fingerprint density at radius 3 is 2.57 bits per heavy atom. The Morgan fingerprint density at radius 1 is 1.10 bits per heavy atom. The Hall–Kier alpha value is -2.13. The third kappa shape index (κ3) is 4.18. The zero-order valence-electron chi connectivity index (χ0n) is 16.7. The Bertz CT molecular complexity index is 1160. The van der Waals surface area contributed by atoms with Gasteiger partial charge in [-0.1, -0.05) is 35.4 Å². The van der Waals surface area contributed by atoms with Gasteiger partial charge in [0.2, 0.25) is 10.0 Å². The molecule has 1 aliphatic rings. The first-order valence-corrected chi connectivity index (χ1v) is 12.2. The molecule has 0 amide bonds. The van der Waals surface area contributed by atoms with Gasteiger partial charge in [0.05, 0.1) is 12.8 Å². The number of anilines is 1. The highest BCUT2D eigenvalue weighted by atomic mass is 35.5. The molecule has 4 rings (SSSR count). The molecule has 0 bridgehead atoms. The number of nitrogens with zero attached hydrogens (tertiary/aromatic N) is 3. The fourth-order valence-electron chi connectivity index (χ4n) is 3.46. The lowest BCUT2D eigenvalue weighted by Gasteiger charge is -2.34. The average molecular weight is 464 g/mol. The molecule has 6 nitrogen and oxygen atoms in total. The van der Waals surface area contributed by atoms with Gasteiger partial charge in [-0.2, -0.15) is 4.31 Å². The molecule has 0 radical (unpaired) electrons. The van der Waals surface area contributed by atoms with E-state index in [1.54, 1.807) is 23.5 Å². The highest BCUT2D eigenvalue weighted by molar-refractivity contribution is 7.89. The fourth-order valence-corrected chi connectivity index (χ4v) is 6.19. The molecule has 1 saturated heterocycles. The summed E-state index contributed by atoms with van der Waals surface area (Å²) < 4.78 is 33.0. The van der Waals surface area contributed by atoms with Crippen molar-refractivity contribution in [3.05, 3.63) is 58.4 Å². The molecule has 2 heterocycles. The summed E-state index contributed by atoms with van der Waals surface area (Å²) in [6.45, 7) is 3.95. The van der Waals surface area contributed by atoms with Crippen molar-refractivity contribution in [2.75, 3.05) is 38.2 Å². The minimum atomic E-state index is -3.70. The molecule has 9 heteroatoms. The van der Waals surface area contributed by atoms with Crippen molar-refractivity contribution in [3.8, 4) is 17.0 Å². The van der Waals surface area contributed by atoms with Crippen LogP contribution in [0.15, 0.2) is 52.7 Å². The van der Waals surface area contributed by atoms with Gasteiger partial charge in [-0.3, -0.25) is 0 Å². The standard InChI is InChI=1S/C21H22ClN3O3S2/c1-15-4-3-5-16(12-15)18-14-29-21(23-18)24-8-10-25(11-9-24)30(26,27)20-13-17(22)6-7-19(20)28-2/h3-7,12-14H,8-11H2,1-2H3. The maximum Gasteiger partial charge on any atom is 0.246 e. The Balaban J connectivity index is 1.49. The predicted octanol–water partition coefficient (Wildman–Crippen LogP) is 4.29. The molecule has 158 valence electrons. The number of ether oxygens (including phenoxy) is 1. The minimum absolute atomic E-state index is 0.0990. The van der Waals surface area contributed by atoms with Crippen LogP contribution in [-0.4, -0.2) is 51.0 Å². The molecular formula is C21H22ClN3O3S2. The van der Waals surface area contributed by atoms with Crippen molar-refractivity contribution in [2.24, 2.45) is 0 Å². The summed E-state index contributed by atoms with van der Waals surface area (Å²) in [6.07, 6.45) is 0. The number of rotatable bonds is 5. The SMILES string of the molecule is COc1ccc(Cl)cc1S(=O)(=O)N1CCN(c2nc(-c3cccc(C)c3)cs2)CC1. The van der Waals surface area contributed by atoms with E-state index in [9.17, 15) is 8.42 Å². The maximum atomic E-state index is 13.1. The summed E-state index contributed by atoms with van der Waals surface area (Å²) in [5.41, 5.74) is 3.22. The van der Waals surface area contributed by atoms with Crippen LogP contribution < -0.4 is 9.64 Å². The number of aromatic nitrogens is 1. The fraction of sp³-hybridized carbons (Fsp3) is 0.286. The molecule has 30 heavy (non-hydrogen) atoms. The van der Waals surface area contributed by atoms with Crippen molar-refractivity contribution < 1.29 is 13.2 Å². The van der Waals surface area contributed by atoms with E-state index in [-0.39, 0.29) is 4.90 Å². The number of sulfonamides is 1. The molecular weight excluding hydrogens is 442 g/mol. The van der Waals surface area contributed by atoms with Gasteiger partial charge < -0.3 is 9.64 Å². The molecule has 0 atom stereocenters. The Labute approximate surface area is 185 Å². The summed E-state index contributed by atoms with van der Waals surface area (Å²) in [7, 11) is -2.24. The first-order chi connectivity index (χ1) is 14.4. The van der Waals surface area contributed by atoms with Gasteiger partial charge in [-0.05, 0) is 31.2 Å². The number of benzene rings is 2. The molecule has 1 aromatic heterocycles. The second-order valence-electron chi connectivity index (χ2n) is 7.07. The number of hydrogen-bond donors (Lipinski definition) is 0. The van der Waals surface area contributed by atoms with Crippen LogP contribution in [0.25, 0.3) is 11.3 Å². The molecule has 0 unspecified atom stereocenters. The van der Waals surface area contributed by atoms with Gasteiger partial charge in [0.15, 0.2) is 5.13 Å². The molecule has 0 saturated carbocycles. The van der Waals surface area contributed by atoms with Crippen LogP contribution in [-0.2, 0) is 10.0 Å². The molecule has 0 spiro atoms. The van der Waals surface area contributed by atoms with Crippen molar-refractivity contribution in [1.29, 1.82) is 0 Å². The lowest BCUT2D eigenvalue weighted by Crippen LogP contribution is -2.48. The summed E-state index contributed by atoms with van der Waals surface area (Å²) in [5.74, 6) is 0.296. The zero-order valence-corrected chi connectivity index (χ0v) is 19.1. The molecule has 0 aliphatic carbocycles. The molecule has 1 fully saturated rings. The van der Waals surface area contributed by atoms with Crippen molar-refractivity contribution >= 4 is 38.1 Å². The Kier molecular flexibility index (Phi) is 6.02. The van der Waals surface area contributed by atoms with E-state index in [0.717, 1.165) is 16.4 Å². The van der Waals surface area contributed by atoms with Crippen LogP contribution >= 0.6 is 22.9 Å². The van der Waals surface area contributed by atoms with E-state index in [2.05, 4.69) is 30.0 Å². The average Bonchev–Trinajstić information content (AvgIpc) is 3.24. The van der Waals surface area contributed by atoms with Gasteiger partial charge in [0.1, 0.15) is 10.6 Å². The van der Waals surface area contributed by atoms with Crippen LogP contribution in [0.2, 0.25) is 5.02 Å². The van der Waals surface area contributed by atoms with Crippen molar-refractivity contribution in [3.63, 3.8) is 0 Å². The molecule has 1 aliphatic heterocycles. The van der Waals surface area contributed by atoms with Crippen molar-refractivity contribution in [1.82, 2.24) is 9.29 Å². The normalized spacial score (nSPS) is 15.4. The summed E-state index contributed by atoms with van der Waals surface area (Å²) >= 11 is 7.61. The van der Waals surface area contributed by atoms with Gasteiger partial charge >= 0.3 is 0 Å². The summed E-state index contributed by atoms with van der Waals surface area (Å²) in [4.78, 5) is 7.00. The lowest BCUT2D eigenvalue weighted by atomic mass is 10.1. The number of piperazine rings is 1. The van der Waals surface area contributed by atoms with E-state index in [1.807, 2.05) is 11.4 Å². The Morgan fingerprint density at radius 2 is 1.87 bits per heavy atom. The molecule has 0 N–H and O–H groups in total. The molecule has 2 aromatic carbocycles. The summed E-state index contributed by atoms with van der Waals surface area (Å²) in [5, 5.41) is 3.31. The number of thiazole rings is 1. The van der Waals surface area contributed by atoms with Crippen LogP contribution in [0.5, 0.6) is 5.75 Å². The van der Waals surface area contributed by atoms with Gasteiger partial charge in [0.25, 0.3) is 0 Å². The second kappa shape index (κ2) is 8.55. The predicted molar refractivity (Wildman–Crippen MR) is 121 cm³/mol. The highest BCUT2D eigenvalue weighted by Gasteiger charge is 2.31. The van der Waals surface area contributed by atoms with Crippen LogP contribution in [0.3, 0.4) is 0 Å². The van der Waals surface area contributed by atoms with E-state index in [0.29, 0.717) is 37.0 Å². The zero-order chi connectivity index (χ0) is 21.3. The number of methoxy groups -OCH3 is 1. The minimum Gasteiger partial charge on any atom is -0.495 e. The topological polar surface area (TPSA) is 62.7 Å². The number of aryl methyl sites for hydroxylation is 1. The van der Waals surface area contributed by atoms with Crippen molar-refractivity contribution in [2.45, 2.75) is 11.8 Å². The van der Waals surface area contributed by atoms with E-state index < -0.39 is 10.0 Å². The monoisotopic (exact) mass is 463 g/mol. The van der Waals surface area contributed by atoms with Crippen LogP contribution in [0.1, 0.15) is 5.56 Å². The largest absolute Gasteiger partial charge is 0.495 e. The highest BCUT2D eigenvalue weighted by Crippen LogP contribution is 2.32. The first-order valence-electron chi connectivity index (χ1n) is 9.50. The van der Waals surface area contributed by atoms with Crippen LogP contribution in [0.4, 0.5) is 5.13 Å². The van der Waals surface area contributed by atoms with Gasteiger partial charge in [-0.25, -0.2) is 13.4 Å². The van der Waals surface area contributed by atoms with E-state index in [4.69, 9.17) is 21.3 Å². The third-order valence-electron chi connectivity index (χ3n) is 5.06. The number of halogens is 1. The lowest BCUT2D eigenvalue weighted by molar-refractivity contribution is 0.374.